The van der Waals surface area contributed by atoms with Crippen molar-refractivity contribution in [1.29, 1.82) is 0 Å². The van der Waals surface area contributed by atoms with E-state index in [9.17, 15) is 27.9 Å². The Labute approximate surface area is 193 Å². The molecule has 1 fully saturated rings. The number of nitrogens with one attached hydrogen (secondary N) is 2. The van der Waals surface area contributed by atoms with E-state index >= 15 is 0 Å². The Kier molecular flexibility index (Phi) is 9.17. The molecule has 6 nitrogen and oxygen atoms in total. The lowest BCUT2D eigenvalue weighted by atomic mass is 9.90. The molecule has 33 heavy (non-hydrogen) atoms. The van der Waals surface area contributed by atoms with E-state index in [2.05, 4.69) is 10.6 Å². The summed E-state index contributed by atoms with van der Waals surface area (Å²) in [6.07, 6.45) is -0.362. The van der Waals surface area contributed by atoms with Crippen LogP contribution in [0.15, 0.2) is 34.6 Å². The Morgan fingerprint density at radius 3 is 2.33 bits per heavy atom. The molecule has 186 valence electrons. The maximum Gasteiger partial charge on any atom is 0.414 e. The highest BCUT2D eigenvalue weighted by molar-refractivity contribution is 6.01. The molecule has 0 aromatic rings. The first kappa shape index (κ1) is 27.0. The number of aliphatic hydroxyl groups is 1. The fraction of sp³-hybridized carbons (Fsp3) is 0.667. The van der Waals surface area contributed by atoms with Crippen molar-refractivity contribution in [2.45, 2.75) is 83.5 Å². The van der Waals surface area contributed by atoms with E-state index in [0.29, 0.717) is 37.0 Å². The van der Waals surface area contributed by atoms with Crippen molar-refractivity contribution in [2.75, 3.05) is 13.7 Å². The largest absolute Gasteiger partial charge is 0.498 e. The van der Waals surface area contributed by atoms with Crippen LogP contribution in [-0.4, -0.2) is 48.4 Å². The summed E-state index contributed by atoms with van der Waals surface area (Å²) < 4.78 is 43.4. The van der Waals surface area contributed by atoms with Crippen molar-refractivity contribution in [3.8, 4) is 0 Å². The van der Waals surface area contributed by atoms with Crippen molar-refractivity contribution in [3.63, 3.8) is 0 Å². The molecule has 0 bridgehead atoms. The smallest absolute Gasteiger partial charge is 0.414 e. The molecule has 0 aromatic heterocycles. The Hall–Kier alpha value is -2.29. The molecule has 0 spiro atoms. The number of ether oxygens (including phenoxy) is 1. The predicted molar refractivity (Wildman–Crippen MR) is 119 cm³/mol. The Morgan fingerprint density at radius 2 is 1.82 bits per heavy atom. The maximum absolute atomic E-state index is 13.2. The van der Waals surface area contributed by atoms with E-state index in [1.165, 1.54) is 7.05 Å². The van der Waals surface area contributed by atoms with Gasteiger partial charge in [-0.25, -0.2) is 0 Å². The van der Waals surface area contributed by atoms with Crippen LogP contribution in [0.3, 0.4) is 0 Å². The van der Waals surface area contributed by atoms with Crippen molar-refractivity contribution >= 4 is 11.8 Å². The van der Waals surface area contributed by atoms with Crippen molar-refractivity contribution in [2.24, 2.45) is 5.92 Å². The highest BCUT2D eigenvalue weighted by atomic mass is 19.4. The van der Waals surface area contributed by atoms with Gasteiger partial charge in [0, 0.05) is 25.5 Å². The molecule has 1 saturated carbocycles. The van der Waals surface area contributed by atoms with Crippen molar-refractivity contribution in [1.82, 2.24) is 10.6 Å². The maximum atomic E-state index is 13.2. The third kappa shape index (κ3) is 6.85. The number of amides is 2. The summed E-state index contributed by atoms with van der Waals surface area (Å²) in [5, 5.41) is 14.8. The van der Waals surface area contributed by atoms with Gasteiger partial charge >= 0.3 is 6.18 Å². The third-order valence-electron chi connectivity index (χ3n) is 6.47. The topological polar surface area (TPSA) is 87.7 Å². The molecule has 2 aliphatic rings. The first-order valence-corrected chi connectivity index (χ1v) is 11.5. The zero-order valence-electron chi connectivity index (χ0n) is 19.8. The van der Waals surface area contributed by atoms with Crippen molar-refractivity contribution in [3.05, 3.63) is 34.6 Å². The molecule has 1 atom stereocenters. The Bertz CT molecular complexity index is 822. The normalized spacial score (nSPS) is 18.5. The van der Waals surface area contributed by atoms with E-state index in [4.69, 9.17) is 4.74 Å². The second kappa shape index (κ2) is 11.2. The van der Waals surface area contributed by atoms with Gasteiger partial charge in [-0.1, -0.05) is 25.5 Å². The standard InChI is InChI=1S/C24H35F3N2O4/c1-5-23(6-2,22(32)28-4)29-21(31)17-10-11-18(16-8-9-16)19(12-7-15(17)3)33-14-13-20(30)24(25,26)27/h10-11,16,20,30H,5-9,12-14H2,1-4H3,(H,28,32)(H,29,31). The SMILES string of the molecule is CCC(CC)(NC(=O)C1=C(C)CCC(OCCC(O)C(F)(F)F)=C(C2CC2)C=C1)C(=O)NC. The molecule has 2 rings (SSSR count). The number of likely N-dealkylation sites (N-methyl/N-ethyl adjacent to an activating group) is 1. The number of rotatable bonds is 10. The summed E-state index contributed by atoms with van der Waals surface area (Å²) in [5.74, 6) is 0.291. The zero-order chi connectivity index (χ0) is 24.8. The second-order valence-electron chi connectivity index (χ2n) is 8.70. The number of carbonyl (C=O) groups is 2. The number of halogens is 3. The van der Waals surface area contributed by atoms with E-state index in [0.717, 1.165) is 24.0 Å². The summed E-state index contributed by atoms with van der Waals surface area (Å²) in [6.45, 7) is 5.28. The summed E-state index contributed by atoms with van der Waals surface area (Å²) >= 11 is 0. The van der Waals surface area contributed by atoms with Gasteiger partial charge in [-0.15, -0.1) is 0 Å². The number of hydrogen-bond acceptors (Lipinski definition) is 4. The molecule has 1 unspecified atom stereocenters. The monoisotopic (exact) mass is 472 g/mol. The van der Waals surface area contributed by atoms with Crippen LogP contribution < -0.4 is 10.6 Å². The van der Waals surface area contributed by atoms with Gasteiger partial charge < -0.3 is 20.5 Å². The number of alkyl halides is 3. The molecule has 2 amide bonds. The Morgan fingerprint density at radius 1 is 1.18 bits per heavy atom. The predicted octanol–water partition coefficient (Wildman–Crippen LogP) is 4.07. The molecule has 2 aliphatic carbocycles. The molecule has 0 radical (unpaired) electrons. The zero-order valence-corrected chi connectivity index (χ0v) is 19.8. The summed E-state index contributed by atoms with van der Waals surface area (Å²) in [7, 11) is 1.54. The minimum absolute atomic E-state index is 0.238. The second-order valence-corrected chi connectivity index (χ2v) is 8.70. The summed E-state index contributed by atoms with van der Waals surface area (Å²) in [6, 6.07) is 0. The average Bonchev–Trinajstić information content (AvgIpc) is 3.60. The number of aliphatic hydroxyl groups excluding tert-OH is 1. The Balaban J connectivity index is 2.20. The fourth-order valence-electron chi connectivity index (χ4n) is 3.96. The fourth-order valence-corrected chi connectivity index (χ4v) is 3.96. The number of allylic oxidation sites excluding steroid dienone is 4. The van der Waals surface area contributed by atoms with Crippen LogP contribution in [0.4, 0.5) is 13.2 Å². The highest BCUT2D eigenvalue weighted by Crippen LogP contribution is 2.41. The number of hydrogen-bond donors (Lipinski definition) is 3. The first-order valence-electron chi connectivity index (χ1n) is 11.5. The lowest BCUT2D eigenvalue weighted by molar-refractivity contribution is -0.207. The van der Waals surface area contributed by atoms with Gasteiger partial charge in [0.2, 0.25) is 5.91 Å². The summed E-state index contributed by atoms with van der Waals surface area (Å²) in [5.41, 5.74) is 1.17. The lowest BCUT2D eigenvalue weighted by Crippen LogP contribution is -2.57. The van der Waals surface area contributed by atoms with E-state index in [-0.39, 0.29) is 24.3 Å². The minimum Gasteiger partial charge on any atom is -0.498 e. The van der Waals surface area contributed by atoms with Crippen LogP contribution >= 0.6 is 0 Å². The molecule has 0 aromatic carbocycles. The lowest BCUT2D eigenvalue weighted by Gasteiger charge is -2.31. The molecular formula is C24H35F3N2O4. The van der Waals surface area contributed by atoms with Gasteiger partial charge in [0.05, 0.1) is 12.4 Å². The molecule has 0 heterocycles. The van der Waals surface area contributed by atoms with Gasteiger partial charge in [-0.05, 0) is 56.6 Å². The molecular weight excluding hydrogens is 437 g/mol. The van der Waals surface area contributed by atoms with E-state index < -0.39 is 24.2 Å². The van der Waals surface area contributed by atoms with Gasteiger partial charge in [-0.3, -0.25) is 9.59 Å². The van der Waals surface area contributed by atoms with Crippen LogP contribution in [0.5, 0.6) is 0 Å². The van der Waals surface area contributed by atoms with Gasteiger partial charge in [0.15, 0.2) is 6.10 Å². The molecule has 9 heteroatoms. The van der Waals surface area contributed by atoms with E-state index in [1.54, 1.807) is 6.08 Å². The molecule has 3 N–H and O–H groups in total. The van der Waals surface area contributed by atoms with Crippen LogP contribution in [-0.2, 0) is 14.3 Å². The van der Waals surface area contributed by atoms with Crippen LogP contribution in [0.25, 0.3) is 0 Å². The van der Waals surface area contributed by atoms with Crippen molar-refractivity contribution < 1.29 is 32.6 Å². The van der Waals surface area contributed by atoms with Crippen LogP contribution in [0, 0.1) is 5.92 Å². The third-order valence-corrected chi connectivity index (χ3v) is 6.47. The molecule has 0 aliphatic heterocycles. The average molecular weight is 473 g/mol. The van der Waals surface area contributed by atoms with Gasteiger partial charge in [0.1, 0.15) is 5.54 Å². The van der Waals surface area contributed by atoms with Gasteiger partial charge in [-0.2, -0.15) is 13.2 Å². The quantitative estimate of drug-likeness (QED) is 0.447. The van der Waals surface area contributed by atoms with Crippen LogP contribution in [0.1, 0.15) is 65.7 Å². The van der Waals surface area contributed by atoms with Crippen LogP contribution in [0.2, 0.25) is 0 Å². The molecule has 0 saturated heterocycles. The number of carbonyl (C=O) groups excluding carboxylic acids is 2. The summed E-state index contributed by atoms with van der Waals surface area (Å²) in [4.78, 5) is 25.6. The van der Waals surface area contributed by atoms with Gasteiger partial charge in [0.25, 0.3) is 5.91 Å². The highest BCUT2D eigenvalue weighted by Gasteiger charge is 2.38. The minimum atomic E-state index is -4.67. The van der Waals surface area contributed by atoms with E-state index in [1.807, 2.05) is 26.8 Å². The first-order chi connectivity index (χ1) is 15.5.